The fourth-order valence-corrected chi connectivity index (χ4v) is 15.9. The number of amides is 5. The van der Waals surface area contributed by atoms with Gasteiger partial charge in [0.15, 0.2) is 0 Å². The molecule has 4 aliphatic carbocycles. The lowest BCUT2D eigenvalue weighted by Crippen LogP contribution is -2.55. The first-order valence-electron chi connectivity index (χ1n) is 42.0. The van der Waals surface area contributed by atoms with E-state index in [2.05, 4.69) is 80.6 Å². The van der Waals surface area contributed by atoms with Crippen LogP contribution < -0.4 is 32.1 Å². The molecule has 0 bridgehead atoms. The minimum Gasteiger partial charge on any atom is -0.480 e. The summed E-state index contributed by atoms with van der Waals surface area (Å²) in [6, 6.07) is 89.4. The number of fused-ring (bicyclic) bond motifs is 12. The molecule has 15 rings (SSSR count). The van der Waals surface area contributed by atoms with Crippen molar-refractivity contribution in [2.45, 2.75) is 107 Å². The van der Waals surface area contributed by atoms with E-state index in [4.69, 9.17) is 43.5 Å². The van der Waals surface area contributed by atoms with Crippen LogP contribution in [0.4, 0.5) is 14.4 Å². The van der Waals surface area contributed by atoms with Gasteiger partial charge in [0.25, 0.3) is 0 Å². The number of rotatable bonds is 30. The lowest BCUT2D eigenvalue weighted by Gasteiger charge is -2.36. The van der Waals surface area contributed by atoms with Crippen molar-refractivity contribution in [2.24, 2.45) is 0 Å². The molecule has 11 aromatic rings. The molecule has 0 fully saturated rings. The number of alkyl carbamates (subject to hydrolysis) is 3. The Morgan fingerprint density at radius 1 is 0.344 bits per heavy atom. The van der Waals surface area contributed by atoms with Crippen LogP contribution in [-0.2, 0) is 67.6 Å². The second-order valence-electron chi connectivity index (χ2n) is 32.6. The van der Waals surface area contributed by atoms with E-state index in [1.54, 1.807) is 41.5 Å². The summed E-state index contributed by atoms with van der Waals surface area (Å²) in [5.41, 5.74) is 21.4. The molecule has 0 radical (unpaired) electrons. The first-order valence-corrected chi connectivity index (χ1v) is 42.0. The van der Waals surface area contributed by atoms with Crippen molar-refractivity contribution < 1.29 is 96.8 Å². The number of carboxylic acid groups (broad SMARTS) is 2. The lowest BCUT2D eigenvalue weighted by atomic mass is 9.78. The van der Waals surface area contributed by atoms with Gasteiger partial charge in [0, 0.05) is 36.8 Å². The normalized spacial score (nSPS) is 13.2. The Labute approximate surface area is 742 Å². The Kier molecular flexibility index (Phi) is 31.7. The number of carbonyl (C=O) groups excluding carboxylic acids is 7. The van der Waals surface area contributed by atoms with Gasteiger partial charge >= 0.3 is 42.2 Å². The maximum absolute atomic E-state index is 12.9. The number of benzene rings is 11. The third-order valence-corrected chi connectivity index (χ3v) is 21.8. The van der Waals surface area contributed by atoms with E-state index in [0.717, 1.165) is 61.2 Å². The predicted octanol–water partition coefficient (Wildman–Crippen LogP) is 14.5. The van der Waals surface area contributed by atoms with Crippen LogP contribution in [0.2, 0.25) is 0 Å². The number of ether oxygens (including phenoxy) is 6. The Balaban J connectivity index is 0.000000166. The molecule has 26 nitrogen and oxygen atoms in total. The highest BCUT2D eigenvalue weighted by molar-refractivity contribution is 5.88. The van der Waals surface area contributed by atoms with E-state index in [1.165, 1.54) is 44.5 Å². The molecule has 0 unspecified atom stereocenters. The third-order valence-electron chi connectivity index (χ3n) is 21.8. The van der Waals surface area contributed by atoms with Gasteiger partial charge in [-0.3, -0.25) is 19.2 Å². The molecule has 0 saturated carbocycles. The summed E-state index contributed by atoms with van der Waals surface area (Å²) in [6.07, 6.45) is -2.61. The maximum atomic E-state index is 12.9. The van der Waals surface area contributed by atoms with Crippen molar-refractivity contribution in [2.75, 3.05) is 65.9 Å². The highest BCUT2D eigenvalue weighted by atomic mass is 16.7. The van der Waals surface area contributed by atoms with Gasteiger partial charge in [-0.05, 0) is 147 Å². The maximum Gasteiger partial charge on any atom is 0.408 e. The Morgan fingerprint density at radius 2 is 0.633 bits per heavy atom. The molecule has 10 N–H and O–H groups in total. The number of hydrogen-bond acceptors (Lipinski definition) is 19. The standard InChI is InChI=1S/C39H35N3O6.C30H39N3O8.C17H16O3.C16H14O3/c43-36(26-48-42-39(27-14-4-1-5-15-27,28-16-6-2-7-17-28)29-18-8-3-9-19-29)40-24-35(37(44)45)41-38(46)47-25-34-32-22-12-10-20-30(32)31-21-11-13-23-33(31)34;1-29(2,3)40-17-24(33-28(38)41-30(4,5)6)25(34)31-15-23(26(35)36)32-27(37)39-16-22-20-13-9-7-11-18(20)19-12-8-10-14-21(19)22;18-10-9-17(19)20-11-16-14-7-3-1-5-12(14)13-6-2-4-8-15(13)16;17-9-16(18)19-10-15-13-7-3-1-5-11(13)12-6-2-4-8-14(12)15/h1-23,34-35,42H,24-26H2,(H,40,43)(H,41,46)(H,44,45);7-14,22-24H,15-17H2,1-6H3,(H,31,34)(H,32,37)(H,33,38)(H,35,36);1-8,16,18H,9-11H2;1-8,15,17H,9-10H2/t35-;23-,24-;;/m00../s1. The largest absolute Gasteiger partial charge is 0.480 e. The van der Waals surface area contributed by atoms with Crippen LogP contribution in [-0.4, -0.2) is 170 Å². The van der Waals surface area contributed by atoms with Crippen molar-refractivity contribution in [3.8, 4) is 44.5 Å². The SMILES string of the molecule is CC(C)(C)OC[C@H](NC(=O)OC(C)(C)C)C(=O)NC[C@H](NC(=O)OCC1c2ccccc2-c2ccccc21)C(=O)O.O=C(CCO)OCC1c2ccccc2-c2ccccc21.O=C(CO)OCC1c2ccccc2-c2ccccc21.O=C(CONC(c1ccccc1)(c1ccccc1)c1ccccc1)NC[C@H](NC(=O)OCC1c2ccccc2-c2ccccc21)C(=O)O. The van der Waals surface area contributed by atoms with Crippen molar-refractivity contribution in [1.82, 2.24) is 32.1 Å². The number of aliphatic hydroxyl groups is 2. The number of aliphatic carboxylic acids is 2. The smallest absolute Gasteiger partial charge is 0.408 e. The summed E-state index contributed by atoms with van der Waals surface area (Å²) in [6.45, 7) is 8.85. The molecule has 128 heavy (non-hydrogen) atoms. The molecule has 3 atom stereocenters. The summed E-state index contributed by atoms with van der Waals surface area (Å²) in [5.74, 6) is -5.14. The summed E-state index contributed by atoms with van der Waals surface area (Å²) in [4.78, 5) is 116. The highest BCUT2D eigenvalue weighted by Gasteiger charge is 2.39. The number of nitrogens with one attached hydrogen (secondary N) is 6. The van der Waals surface area contributed by atoms with Crippen LogP contribution in [0.5, 0.6) is 0 Å². The lowest BCUT2D eigenvalue weighted by molar-refractivity contribution is -0.147. The van der Waals surface area contributed by atoms with Crippen LogP contribution in [0.25, 0.3) is 44.5 Å². The van der Waals surface area contributed by atoms with Crippen LogP contribution in [0.15, 0.2) is 285 Å². The molecule has 4 aliphatic rings. The Hall–Kier alpha value is -14.2. The molecular formula is C102H104N6O20. The van der Waals surface area contributed by atoms with Gasteiger partial charge in [-0.25, -0.2) is 28.8 Å². The first-order chi connectivity index (χ1) is 61.7. The second-order valence-corrected chi connectivity index (χ2v) is 32.6. The van der Waals surface area contributed by atoms with E-state index in [9.17, 15) is 53.4 Å². The quantitative estimate of drug-likeness (QED) is 0.00865. The van der Waals surface area contributed by atoms with Crippen LogP contribution >= 0.6 is 0 Å². The zero-order valence-electron chi connectivity index (χ0n) is 71.8. The summed E-state index contributed by atoms with van der Waals surface area (Å²) < 4.78 is 32.2. The molecule has 662 valence electrons. The number of hydrogen-bond donors (Lipinski definition) is 10. The Morgan fingerprint density at radius 3 is 0.930 bits per heavy atom. The number of hydroxylamine groups is 1. The first kappa shape index (κ1) is 93.0. The minimum absolute atomic E-state index is 0.00455. The monoisotopic (exact) mass is 1730 g/mol. The second kappa shape index (κ2) is 43.6. The number of esters is 2. The van der Waals surface area contributed by atoms with Crippen molar-refractivity contribution in [1.29, 1.82) is 0 Å². The summed E-state index contributed by atoms with van der Waals surface area (Å²) in [7, 11) is 0. The molecule has 0 aliphatic heterocycles. The van der Waals surface area contributed by atoms with Gasteiger partial charge in [-0.2, -0.15) is 5.48 Å². The van der Waals surface area contributed by atoms with Crippen molar-refractivity contribution in [3.05, 3.63) is 346 Å². The number of carboxylic acids is 2. The zero-order valence-corrected chi connectivity index (χ0v) is 71.8. The summed E-state index contributed by atoms with van der Waals surface area (Å²) in [5, 5.41) is 49.0. The van der Waals surface area contributed by atoms with Crippen molar-refractivity contribution in [3.63, 3.8) is 0 Å². The fourth-order valence-electron chi connectivity index (χ4n) is 15.9. The predicted molar refractivity (Wildman–Crippen MR) is 481 cm³/mol. The van der Waals surface area contributed by atoms with Gasteiger partial charge in [0.05, 0.1) is 25.2 Å². The van der Waals surface area contributed by atoms with Crippen LogP contribution in [0, 0.1) is 0 Å². The molecular weight excluding hydrogens is 1630 g/mol. The third kappa shape index (κ3) is 23.7. The molecule has 26 heteroatoms. The fraction of sp³-hybridized carbons (Fsp3) is 0.265. The highest BCUT2D eigenvalue weighted by Crippen LogP contribution is 2.49. The molecule has 5 amide bonds. The average molecular weight is 1730 g/mol. The average Bonchev–Trinajstić information content (AvgIpc) is 1.71. The van der Waals surface area contributed by atoms with E-state index in [-0.39, 0.29) is 75.6 Å². The summed E-state index contributed by atoms with van der Waals surface area (Å²) >= 11 is 0. The molecule has 11 aromatic carbocycles. The van der Waals surface area contributed by atoms with E-state index in [0.29, 0.717) is 6.61 Å². The molecule has 0 aromatic heterocycles. The number of aliphatic hydroxyl groups excluding tert-OH is 2. The van der Waals surface area contributed by atoms with E-state index in [1.807, 2.05) is 237 Å². The molecule has 0 heterocycles. The topological polar surface area (TPSA) is 371 Å². The number of carbonyl (C=O) groups is 9. The minimum atomic E-state index is -1.49. The van der Waals surface area contributed by atoms with Crippen LogP contribution in [0.1, 0.15) is 133 Å². The molecule has 0 saturated heterocycles. The van der Waals surface area contributed by atoms with Gasteiger partial charge in [0.1, 0.15) is 68.9 Å². The zero-order chi connectivity index (χ0) is 90.9. The molecule has 0 spiro atoms. The van der Waals surface area contributed by atoms with Gasteiger partial charge < -0.3 is 75.4 Å². The van der Waals surface area contributed by atoms with E-state index < -0.39 is 103 Å². The van der Waals surface area contributed by atoms with Crippen LogP contribution in [0.3, 0.4) is 0 Å². The van der Waals surface area contributed by atoms with Gasteiger partial charge in [-0.1, -0.05) is 285 Å². The van der Waals surface area contributed by atoms with Gasteiger partial charge in [-0.15, -0.1) is 0 Å². The van der Waals surface area contributed by atoms with Gasteiger partial charge in [0.2, 0.25) is 11.8 Å². The van der Waals surface area contributed by atoms with E-state index >= 15 is 0 Å². The Bertz CT molecular complexity index is 5420. The van der Waals surface area contributed by atoms with Crippen molar-refractivity contribution >= 4 is 54.0 Å².